The average molecular weight is 151 g/mol. The summed E-state index contributed by atoms with van der Waals surface area (Å²) < 4.78 is 0. The molecular formula is C7H9N3O. The highest BCUT2D eigenvalue weighted by molar-refractivity contribution is 5.88. The van der Waals surface area contributed by atoms with Crippen LogP contribution < -0.4 is 5.43 Å². The van der Waals surface area contributed by atoms with Crippen molar-refractivity contribution in [2.24, 2.45) is 4.99 Å². The largest absolute Gasteiger partial charge is 0.303 e. The van der Waals surface area contributed by atoms with Crippen molar-refractivity contribution in [1.29, 1.82) is 0 Å². The molecule has 2 aliphatic heterocycles. The Morgan fingerprint density at radius 1 is 1.64 bits per heavy atom. The van der Waals surface area contributed by atoms with Gasteiger partial charge in [0.2, 0.25) is 0 Å². The van der Waals surface area contributed by atoms with Crippen LogP contribution in [0.4, 0.5) is 0 Å². The molecule has 0 saturated carbocycles. The van der Waals surface area contributed by atoms with Gasteiger partial charge in [0.1, 0.15) is 6.54 Å². The van der Waals surface area contributed by atoms with Crippen LogP contribution in [0.2, 0.25) is 0 Å². The van der Waals surface area contributed by atoms with Gasteiger partial charge in [-0.2, -0.15) is 0 Å². The third kappa shape index (κ3) is 1.17. The van der Waals surface area contributed by atoms with Gasteiger partial charge in [0.05, 0.1) is 0 Å². The van der Waals surface area contributed by atoms with Crippen LogP contribution in [0.1, 0.15) is 6.42 Å². The highest BCUT2D eigenvalue weighted by Crippen LogP contribution is 2.11. The molecule has 0 unspecified atom stereocenters. The van der Waals surface area contributed by atoms with E-state index in [2.05, 4.69) is 16.5 Å². The molecule has 0 atom stereocenters. The number of nitrogens with zero attached hydrogens (tertiary/aromatic N) is 2. The first-order valence-electron chi connectivity index (χ1n) is 3.62. The number of hydrogen-bond donors (Lipinski definition) is 1. The lowest BCUT2D eigenvalue weighted by Crippen LogP contribution is -2.34. The monoisotopic (exact) mass is 151 g/mol. The number of allylic oxidation sites excluding steroid dienone is 1. The van der Waals surface area contributed by atoms with Crippen LogP contribution >= 0.6 is 0 Å². The van der Waals surface area contributed by atoms with E-state index in [1.54, 1.807) is 6.21 Å². The fourth-order valence-corrected chi connectivity index (χ4v) is 1.25. The molecule has 0 spiro atoms. The van der Waals surface area contributed by atoms with Gasteiger partial charge in [-0.25, -0.2) is 10.4 Å². The number of fused-ring (bicyclic) bond motifs is 1. The van der Waals surface area contributed by atoms with Gasteiger partial charge >= 0.3 is 0 Å². The second-order valence-corrected chi connectivity index (χ2v) is 2.55. The zero-order valence-corrected chi connectivity index (χ0v) is 6.08. The molecular weight excluding hydrogens is 142 g/mol. The summed E-state index contributed by atoms with van der Waals surface area (Å²) in [6.45, 7) is 1.19. The Hall–Kier alpha value is -1.16. The summed E-state index contributed by atoms with van der Waals surface area (Å²) in [6.07, 6.45) is 4.50. The molecule has 0 aromatic heterocycles. The number of amides is 1. The molecule has 0 aliphatic carbocycles. The maximum atomic E-state index is 10.9. The van der Waals surface area contributed by atoms with Crippen molar-refractivity contribution < 1.29 is 4.79 Å². The minimum absolute atomic E-state index is 0.0807. The van der Waals surface area contributed by atoms with Crippen LogP contribution in [0.25, 0.3) is 0 Å². The van der Waals surface area contributed by atoms with Gasteiger partial charge in [0, 0.05) is 24.9 Å². The van der Waals surface area contributed by atoms with Crippen LogP contribution in [0, 0.1) is 0 Å². The van der Waals surface area contributed by atoms with Crippen molar-refractivity contribution in [3.05, 3.63) is 11.8 Å². The SMILES string of the molecule is O=C1CN2NCC=C2CC=N1. The van der Waals surface area contributed by atoms with Crippen molar-refractivity contribution in [3.8, 4) is 0 Å². The average Bonchev–Trinajstić information content (AvgIpc) is 2.31. The van der Waals surface area contributed by atoms with E-state index in [-0.39, 0.29) is 5.91 Å². The Morgan fingerprint density at radius 3 is 3.45 bits per heavy atom. The van der Waals surface area contributed by atoms with Gasteiger partial charge in [-0.3, -0.25) is 4.79 Å². The van der Waals surface area contributed by atoms with Gasteiger partial charge < -0.3 is 5.01 Å². The molecule has 0 saturated heterocycles. The molecule has 2 heterocycles. The first kappa shape index (κ1) is 6.54. The summed E-state index contributed by atoms with van der Waals surface area (Å²) >= 11 is 0. The molecule has 0 aromatic rings. The van der Waals surface area contributed by atoms with E-state index in [1.165, 1.54) is 0 Å². The van der Waals surface area contributed by atoms with Crippen molar-refractivity contribution >= 4 is 12.1 Å². The Bertz CT molecular complexity index is 244. The Kier molecular flexibility index (Phi) is 1.47. The van der Waals surface area contributed by atoms with E-state index in [9.17, 15) is 4.79 Å². The van der Waals surface area contributed by atoms with Crippen LogP contribution in [-0.2, 0) is 4.79 Å². The number of aliphatic imine (C=N–C) groups is 1. The van der Waals surface area contributed by atoms with Gasteiger partial charge in [0.15, 0.2) is 0 Å². The first-order chi connectivity index (χ1) is 5.36. The molecule has 0 bridgehead atoms. The Labute approximate surface area is 64.6 Å². The normalized spacial score (nSPS) is 23.1. The molecule has 0 aromatic carbocycles. The molecule has 58 valence electrons. The second-order valence-electron chi connectivity index (χ2n) is 2.55. The van der Waals surface area contributed by atoms with E-state index in [0.717, 1.165) is 18.7 Å². The topological polar surface area (TPSA) is 44.7 Å². The van der Waals surface area contributed by atoms with Crippen molar-refractivity contribution in [1.82, 2.24) is 10.4 Å². The molecule has 1 amide bonds. The molecule has 4 nitrogen and oxygen atoms in total. The summed E-state index contributed by atoms with van der Waals surface area (Å²) in [7, 11) is 0. The maximum Gasteiger partial charge on any atom is 0.266 e. The lowest BCUT2D eigenvalue weighted by molar-refractivity contribution is -0.118. The molecule has 4 heteroatoms. The molecule has 0 fully saturated rings. The molecule has 1 N–H and O–H groups in total. The van der Waals surface area contributed by atoms with E-state index in [4.69, 9.17) is 0 Å². The van der Waals surface area contributed by atoms with Gasteiger partial charge in [-0.15, -0.1) is 0 Å². The summed E-state index contributed by atoms with van der Waals surface area (Å²) in [6, 6.07) is 0. The predicted molar refractivity (Wildman–Crippen MR) is 40.9 cm³/mol. The number of carbonyl (C=O) groups is 1. The fraction of sp³-hybridized carbons (Fsp3) is 0.429. The van der Waals surface area contributed by atoms with Crippen LogP contribution in [0.5, 0.6) is 0 Å². The van der Waals surface area contributed by atoms with Crippen molar-refractivity contribution in [2.75, 3.05) is 13.1 Å². The second kappa shape index (κ2) is 2.47. The highest BCUT2D eigenvalue weighted by Gasteiger charge is 2.18. The summed E-state index contributed by atoms with van der Waals surface area (Å²) in [5.41, 5.74) is 4.22. The van der Waals surface area contributed by atoms with Crippen molar-refractivity contribution in [2.45, 2.75) is 6.42 Å². The lowest BCUT2D eigenvalue weighted by Gasteiger charge is -2.17. The zero-order valence-electron chi connectivity index (χ0n) is 6.08. The van der Waals surface area contributed by atoms with Crippen molar-refractivity contribution in [3.63, 3.8) is 0 Å². The smallest absolute Gasteiger partial charge is 0.266 e. The van der Waals surface area contributed by atoms with E-state index >= 15 is 0 Å². The highest BCUT2D eigenvalue weighted by atomic mass is 16.1. The molecule has 11 heavy (non-hydrogen) atoms. The summed E-state index contributed by atoms with van der Waals surface area (Å²) in [5, 5.41) is 1.86. The standard InChI is InChI=1S/C7H9N3O/c11-7-5-10-6(1-3-8-7)2-4-9-10/h2-3,9H,1,4-5H2. The Morgan fingerprint density at radius 2 is 2.55 bits per heavy atom. The van der Waals surface area contributed by atoms with Gasteiger partial charge in [-0.05, 0) is 6.08 Å². The van der Waals surface area contributed by atoms with Crippen LogP contribution in [0.3, 0.4) is 0 Å². The minimum Gasteiger partial charge on any atom is -0.303 e. The van der Waals surface area contributed by atoms with Crippen LogP contribution in [-0.4, -0.2) is 30.2 Å². The summed E-state index contributed by atoms with van der Waals surface area (Å²) in [5.74, 6) is -0.0807. The van der Waals surface area contributed by atoms with Gasteiger partial charge in [0.25, 0.3) is 5.91 Å². The zero-order chi connectivity index (χ0) is 7.68. The van der Waals surface area contributed by atoms with Crippen LogP contribution in [0.15, 0.2) is 16.8 Å². The number of carbonyl (C=O) groups excluding carboxylic acids is 1. The number of rotatable bonds is 0. The molecule has 2 aliphatic rings. The maximum absolute atomic E-state index is 10.9. The summed E-state index contributed by atoms with van der Waals surface area (Å²) in [4.78, 5) is 14.6. The molecule has 0 radical (unpaired) electrons. The number of hydrazine groups is 1. The minimum atomic E-state index is -0.0807. The number of nitrogens with one attached hydrogen (secondary N) is 1. The van der Waals surface area contributed by atoms with E-state index in [1.807, 2.05) is 5.01 Å². The lowest BCUT2D eigenvalue weighted by atomic mass is 10.3. The Balaban J connectivity index is 2.20. The predicted octanol–water partition coefficient (Wildman–Crippen LogP) is -0.308. The van der Waals surface area contributed by atoms with Gasteiger partial charge in [-0.1, -0.05) is 0 Å². The molecule has 2 rings (SSSR count). The van der Waals surface area contributed by atoms with E-state index in [0.29, 0.717) is 6.54 Å². The fourth-order valence-electron chi connectivity index (χ4n) is 1.25. The third-order valence-electron chi connectivity index (χ3n) is 1.80. The quantitative estimate of drug-likeness (QED) is 0.516. The van der Waals surface area contributed by atoms with E-state index < -0.39 is 0 Å². The number of hydrogen-bond acceptors (Lipinski definition) is 3. The third-order valence-corrected chi connectivity index (χ3v) is 1.80. The first-order valence-corrected chi connectivity index (χ1v) is 3.62.